The minimum Gasteiger partial charge on any atom is -0.299 e. The molecular formula is C17H22N2O2S2. The quantitative estimate of drug-likeness (QED) is 0.850. The van der Waals surface area contributed by atoms with Crippen LogP contribution in [-0.4, -0.2) is 37.6 Å². The highest BCUT2D eigenvalue weighted by Gasteiger charge is 2.33. The molecule has 1 aromatic carbocycles. The Morgan fingerprint density at radius 3 is 2.39 bits per heavy atom. The van der Waals surface area contributed by atoms with Crippen molar-refractivity contribution in [1.82, 2.24) is 9.88 Å². The molecule has 4 nitrogen and oxygen atoms in total. The van der Waals surface area contributed by atoms with Crippen molar-refractivity contribution in [3.8, 4) is 0 Å². The van der Waals surface area contributed by atoms with Crippen LogP contribution in [0, 0.1) is 0 Å². The molecular weight excluding hydrogens is 328 g/mol. The smallest absolute Gasteiger partial charge is 0.175 e. The highest BCUT2D eigenvalue weighted by atomic mass is 32.2. The molecule has 124 valence electrons. The Hall–Kier alpha value is -1.24. The topological polar surface area (TPSA) is 50.3 Å². The summed E-state index contributed by atoms with van der Waals surface area (Å²) in [6.07, 6.45) is 5.36. The van der Waals surface area contributed by atoms with Crippen LogP contribution in [0.1, 0.15) is 30.3 Å². The van der Waals surface area contributed by atoms with Gasteiger partial charge in [0.2, 0.25) is 0 Å². The van der Waals surface area contributed by atoms with Crippen LogP contribution in [-0.2, 0) is 21.8 Å². The second-order valence-electron chi connectivity index (χ2n) is 6.59. The van der Waals surface area contributed by atoms with E-state index in [0.717, 1.165) is 38.0 Å². The molecule has 3 rings (SSSR count). The number of hydrogen-bond acceptors (Lipinski definition) is 5. The second kappa shape index (κ2) is 6.34. The van der Waals surface area contributed by atoms with E-state index in [-0.39, 0.29) is 5.41 Å². The van der Waals surface area contributed by atoms with Crippen molar-refractivity contribution in [1.29, 1.82) is 0 Å². The summed E-state index contributed by atoms with van der Waals surface area (Å²) in [7, 11) is -3.11. The standard InChI is InChI=1S/C17H22N2O2S2/c1-17(16-18-9-12-22-16)7-10-19(11-8-17)13-14-3-5-15(6-4-14)23(2,20)21/h3-6,9,12H,7-8,10-11,13H2,1-2H3. The summed E-state index contributed by atoms with van der Waals surface area (Å²) < 4.78 is 23.0. The SMILES string of the molecule is CC1(c2nccs2)CCN(Cc2ccc(S(C)(=O)=O)cc2)CC1. The van der Waals surface area contributed by atoms with Gasteiger partial charge in [0.1, 0.15) is 0 Å². The van der Waals surface area contributed by atoms with Gasteiger partial charge in [0, 0.05) is 29.8 Å². The highest BCUT2D eigenvalue weighted by molar-refractivity contribution is 7.90. The van der Waals surface area contributed by atoms with E-state index >= 15 is 0 Å². The number of aromatic nitrogens is 1. The second-order valence-corrected chi connectivity index (χ2v) is 9.50. The van der Waals surface area contributed by atoms with Crippen LogP contribution in [0.15, 0.2) is 40.7 Å². The Morgan fingerprint density at radius 2 is 1.87 bits per heavy atom. The van der Waals surface area contributed by atoms with Gasteiger partial charge < -0.3 is 0 Å². The molecule has 0 amide bonds. The fourth-order valence-electron chi connectivity index (χ4n) is 3.04. The lowest BCUT2D eigenvalue weighted by molar-refractivity contribution is 0.162. The van der Waals surface area contributed by atoms with Gasteiger partial charge in [0.15, 0.2) is 9.84 Å². The zero-order valence-corrected chi connectivity index (χ0v) is 15.2. The van der Waals surface area contributed by atoms with E-state index < -0.39 is 9.84 Å². The largest absolute Gasteiger partial charge is 0.299 e. The van der Waals surface area contributed by atoms with Crippen molar-refractivity contribution >= 4 is 21.2 Å². The Morgan fingerprint density at radius 1 is 1.22 bits per heavy atom. The first-order valence-electron chi connectivity index (χ1n) is 7.78. The van der Waals surface area contributed by atoms with Crippen LogP contribution in [0.2, 0.25) is 0 Å². The zero-order valence-electron chi connectivity index (χ0n) is 13.5. The fourth-order valence-corrected chi connectivity index (χ4v) is 4.53. The molecule has 0 aliphatic carbocycles. The molecule has 0 atom stereocenters. The summed E-state index contributed by atoms with van der Waals surface area (Å²) in [5.74, 6) is 0. The van der Waals surface area contributed by atoms with Gasteiger partial charge in [-0.1, -0.05) is 19.1 Å². The molecule has 2 heterocycles. The number of hydrogen-bond donors (Lipinski definition) is 0. The van der Waals surface area contributed by atoms with Gasteiger partial charge in [0.05, 0.1) is 9.90 Å². The third-order valence-electron chi connectivity index (χ3n) is 4.67. The van der Waals surface area contributed by atoms with Crippen molar-refractivity contribution in [2.45, 2.75) is 36.6 Å². The lowest BCUT2D eigenvalue weighted by atomic mass is 9.81. The Kier molecular flexibility index (Phi) is 4.58. The number of rotatable bonds is 4. The van der Waals surface area contributed by atoms with E-state index in [2.05, 4.69) is 22.2 Å². The average molecular weight is 351 g/mol. The first kappa shape index (κ1) is 16.6. The normalized spacial score (nSPS) is 18.9. The van der Waals surface area contributed by atoms with E-state index in [9.17, 15) is 8.42 Å². The van der Waals surface area contributed by atoms with Gasteiger partial charge in [-0.3, -0.25) is 4.90 Å². The van der Waals surface area contributed by atoms with Crippen LogP contribution in [0.4, 0.5) is 0 Å². The van der Waals surface area contributed by atoms with Gasteiger partial charge in [-0.05, 0) is 43.6 Å². The number of piperidine rings is 1. The van der Waals surface area contributed by atoms with Crippen molar-refractivity contribution in [3.63, 3.8) is 0 Å². The van der Waals surface area contributed by atoms with Gasteiger partial charge in [-0.2, -0.15) is 0 Å². The van der Waals surface area contributed by atoms with Gasteiger partial charge in [-0.25, -0.2) is 13.4 Å². The van der Waals surface area contributed by atoms with Gasteiger partial charge in [0.25, 0.3) is 0 Å². The van der Waals surface area contributed by atoms with Crippen LogP contribution in [0.3, 0.4) is 0 Å². The Labute approximate surface area is 142 Å². The van der Waals surface area contributed by atoms with E-state index in [4.69, 9.17) is 0 Å². The molecule has 23 heavy (non-hydrogen) atoms. The summed E-state index contributed by atoms with van der Waals surface area (Å²) in [4.78, 5) is 7.32. The first-order valence-corrected chi connectivity index (χ1v) is 10.6. The summed E-state index contributed by atoms with van der Waals surface area (Å²) in [6.45, 7) is 5.27. The molecule has 1 saturated heterocycles. The molecule has 1 aliphatic heterocycles. The summed E-state index contributed by atoms with van der Waals surface area (Å²) in [5, 5.41) is 3.30. The third kappa shape index (κ3) is 3.82. The zero-order chi connectivity index (χ0) is 16.5. The van der Waals surface area contributed by atoms with E-state index in [1.807, 2.05) is 18.3 Å². The third-order valence-corrected chi connectivity index (χ3v) is 6.87. The van der Waals surface area contributed by atoms with E-state index in [0.29, 0.717) is 4.90 Å². The van der Waals surface area contributed by atoms with Crippen LogP contribution < -0.4 is 0 Å². The molecule has 1 aromatic heterocycles. The van der Waals surface area contributed by atoms with Crippen molar-refractivity contribution < 1.29 is 8.42 Å². The summed E-state index contributed by atoms with van der Waals surface area (Å²) in [5.41, 5.74) is 1.36. The number of thiazole rings is 1. The predicted octanol–water partition coefficient (Wildman–Crippen LogP) is 3.10. The highest BCUT2D eigenvalue weighted by Crippen LogP contribution is 2.36. The fraction of sp³-hybridized carbons (Fsp3) is 0.471. The number of sulfone groups is 1. The van der Waals surface area contributed by atoms with Crippen LogP contribution in [0.5, 0.6) is 0 Å². The van der Waals surface area contributed by atoms with E-state index in [1.165, 1.54) is 11.3 Å². The van der Waals surface area contributed by atoms with Crippen molar-refractivity contribution in [2.75, 3.05) is 19.3 Å². The van der Waals surface area contributed by atoms with Crippen LogP contribution in [0.25, 0.3) is 0 Å². The molecule has 1 fully saturated rings. The maximum atomic E-state index is 11.5. The Bertz CT molecular complexity index is 744. The number of likely N-dealkylation sites (tertiary alicyclic amines) is 1. The molecule has 0 spiro atoms. The first-order chi connectivity index (χ1) is 10.9. The summed E-state index contributed by atoms with van der Waals surface area (Å²) in [6, 6.07) is 7.25. The van der Waals surface area contributed by atoms with E-state index in [1.54, 1.807) is 23.5 Å². The number of benzene rings is 1. The molecule has 1 aliphatic rings. The lowest BCUT2D eigenvalue weighted by Gasteiger charge is -2.38. The molecule has 0 unspecified atom stereocenters. The predicted molar refractivity (Wildman–Crippen MR) is 93.5 cm³/mol. The minimum absolute atomic E-state index is 0.199. The maximum Gasteiger partial charge on any atom is 0.175 e. The monoisotopic (exact) mass is 350 g/mol. The molecule has 0 N–H and O–H groups in total. The molecule has 0 saturated carbocycles. The van der Waals surface area contributed by atoms with Crippen LogP contribution >= 0.6 is 11.3 Å². The number of nitrogens with zero attached hydrogens (tertiary/aromatic N) is 2. The van der Waals surface area contributed by atoms with Gasteiger partial charge >= 0.3 is 0 Å². The average Bonchev–Trinajstić information content (AvgIpc) is 3.05. The minimum atomic E-state index is -3.11. The molecule has 6 heteroatoms. The van der Waals surface area contributed by atoms with Crippen molar-refractivity contribution in [3.05, 3.63) is 46.4 Å². The van der Waals surface area contributed by atoms with Gasteiger partial charge in [-0.15, -0.1) is 11.3 Å². The summed E-state index contributed by atoms with van der Waals surface area (Å²) >= 11 is 1.75. The lowest BCUT2D eigenvalue weighted by Crippen LogP contribution is -2.40. The maximum absolute atomic E-state index is 11.5. The Balaban J connectivity index is 1.61. The molecule has 0 radical (unpaired) electrons. The molecule has 0 bridgehead atoms. The molecule has 2 aromatic rings. The van der Waals surface area contributed by atoms with Crippen molar-refractivity contribution in [2.24, 2.45) is 0 Å².